The summed E-state index contributed by atoms with van der Waals surface area (Å²) in [6.07, 6.45) is 3.06. The second-order valence-electron chi connectivity index (χ2n) is 4.03. The van der Waals surface area contributed by atoms with Gasteiger partial charge >= 0.3 is 0 Å². The minimum atomic E-state index is -0.288. The Morgan fingerprint density at radius 3 is 3.06 bits per heavy atom. The molecule has 0 amide bonds. The van der Waals surface area contributed by atoms with Crippen LogP contribution in [-0.4, -0.2) is 34.4 Å². The van der Waals surface area contributed by atoms with Gasteiger partial charge in [0.2, 0.25) is 0 Å². The van der Waals surface area contributed by atoms with Gasteiger partial charge in [0, 0.05) is 24.8 Å². The van der Waals surface area contributed by atoms with Crippen molar-refractivity contribution in [2.24, 2.45) is 0 Å². The zero-order valence-electron chi connectivity index (χ0n) is 8.93. The Bertz CT molecular complexity index is 373. The predicted molar refractivity (Wildman–Crippen MR) is 62.6 cm³/mol. The van der Waals surface area contributed by atoms with Crippen molar-refractivity contribution >= 4 is 17.4 Å². The van der Waals surface area contributed by atoms with Crippen molar-refractivity contribution in [2.75, 3.05) is 18.0 Å². The van der Waals surface area contributed by atoms with Gasteiger partial charge < -0.3 is 15.1 Å². The first-order chi connectivity index (χ1) is 7.70. The third kappa shape index (κ3) is 2.45. The lowest BCUT2D eigenvalue weighted by Gasteiger charge is -2.31. The lowest BCUT2D eigenvalue weighted by atomic mass is 10.1. The molecule has 0 bridgehead atoms. The van der Waals surface area contributed by atoms with E-state index in [4.69, 9.17) is 16.7 Å². The quantitative estimate of drug-likeness (QED) is 0.818. The highest BCUT2D eigenvalue weighted by Gasteiger charge is 2.19. The van der Waals surface area contributed by atoms with Crippen LogP contribution in [0.5, 0.6) is 0 Å². The molecule has 1 fully saturated rings. The molecular weight excluding hydrogens is 228 g/mol. The number of aliphatic hydroxyl groups is 2. The summed E-state index contributed by atoms with van der Waals surface area (Å²) in [6.45, 7) is 1.39. The first kappa shape index (κ1) is 11.6. The van der Waals surface area contributed by atoms with E-state index in [1.165, 1.54) is 0 Å². The number of hydrogen-bond donors (Lipinski definition) is 2. The molecule has 1 aliphatic heterocycles. The van der Waals surface area contributed by atoms with Crippen molar-refractivity contribution in [3.05, 3.63) is 22.8 Å². The number of halogens is 1. The maximum atomic E-state index is 9.58. The number of pyridine rings is 1. The molecule has 4 nitrogen and oxygen atoms in total. The van der Waals surface area contributed by atoms with Crippen molar-refractivity contribution in [3.8, 4) is 0 Å². The molecule has 1 atom stereocenters. The molecular formula is C11H15ClN2O2. The third-order valence-corrected chi connectivity index (χ3v) is 3.15. The SMILES string of the molecule is OCc1cc(N2CCCC(O)C2)ncc1Cl. The third-order valence-electron chi connectivity index (χ3n) is 2.81. The molecule has 2 heterocycles. The van der Waals surface area contributed by atoms with E-state index in [-0.39, 0.29) is 12.7 Å². The molecule has 1 aromatic rings. The number of β-amino-alcohol motifs (C(OH)–C–C–N with tert-alkyl or cyclic N) is 1. The zero-order chi connectivity index (χ0) is 11.5. The van der Waals surface area contributed by atoms with Crippen LogP contribution in [0, 0.1) is 0 Å². The average Bonchev–Trinajstić information content (AvgIpc) is 2.29. The number of aromatic nitrogens is 1. The fourth-order valence-electron chi connectivity index (χ4n) is 1.92. The van der Waals surface area contributed by atoms with E-state index < -0.39 is 0 Å². The minimum Gasteiger partial charge on any atom is -0.392 e. The van der Waals surface area contributed by atoms with Gasteiger partial charge in [0.25, 0.3) is 0 Å². The highest BCUT2D eigenvalue weighted by atomic mass is 35.5. The Kier molecular flexibility index (Phi) is 3.63. The zero-order valence-corrected chi connectivity index (χ0v) is 9.69. The number of rotatable bonds is 2. The summed E-state index contributed by atoms with van der Waals surface area (Å²) in [5.74, 6) is 0.771. The first-order valence-electron chi connectivity index (χ1n) is 5.39. The lowest BCUT2D eigenvalue weighted by Crippen LogP contribution is -2.38. The molecule has 1 saturated heterocycles. The molecule has 2 rings (SSSR count). The molecule has 0 spiro atoms. The molecule has 5 heteroatoms. The molecule has 1 aromatic heterocycles. The van der Waals surface area contributed by atoms with Gasteiger partial charge in [-0.15, -0.1) is 0 Å². The summed E-state index contributed by atoms with van der Waals surface area (Å²) < 4.78 is 0. The topological polar surface area (TPSA) is 56.6 Å². The second-order valence-corrected chi connectivity index (χ2v) is 4.44. The number of anilines is 1. The number of hydrogen-bond acceptors (Lipinski definition) is 4. The van der Waals surface area contributed by atoms with Crippen molar-refractivity contribution < 1.29 is 10.2 Å². The van der Waals surface area contributed by atoms with E-state index in [0.717, 1.165) is 25.2 Å². The normalized spacial score (nSPS) is 21.2. The molecule has 2 N–H and O–H groups in total. The fourth-order valence-corrected chi connectivity index (χ4v) is 2.09. The van der Waals surface area contributed by atoms with Gasteiger partial charge in [-0.1, -0.05) is 11.6 Å². The van der Waals surface area contributed by atoms with Crippen LogP contribution >= 0.6 is 11.6 Å². The molecule has 16 heavy (non-hydrogen) atoms. The Balaban J connectivity index is 2.19. The fraction of sp³-hybridized carbons (Fsp3) is 0.545. The Labute approximate surface area is 99.5 Å². The van der Waals surface area contributed by atoms with E-state index in [0.29, 0.717) is 17.1 Å². The smallest absolute Gasteiger partial charge is 0.129 e. The van der Waals surface area contributed by atoms with E-state index in [1.54, 1.807) is 12.3 Å². The Hall–Kier alpha value is -0.840. The highest BCUT2D eigenvalue weighted by molar-refractivity contribution is 6.31. The Morgan fingerprint density at radius 2 is 2.38 bits per heavy atom. The summed E-state index contributed by atoms with van der Waals surface area (Å²) in [5, 5.41) is 19.2. The summed E-state index contributed by atoms with van der Waals surface area (Å²) >= 11 is 5.87. The van der Waals surface area contributed by atoms with Crippen molar-refractivity contribution in [3.63, 3.8) is 0 Å². The standard InChI is InChI=1S/C11H15ClN2O2/c12-10-5-13-11(4-8(10)7-15)14-3-1-2-9(16)6-14/h4-5,9,15-16H,1-3,6-7H2. The van der Waals surface area contributed by atoms with Gasteiger partial charge in [-0.25, -0.2) is 4.98 Å². The second kappa shape index (κ2) is 4.99. The summed E-state index contributed by atoms with van der Waals surface area (Å²) in [5.41, 5.74) is 0.673. The lowest BCUT2D eigenvalue weighted by molar-refractivity contribution is 0.154. The molecule has 0 radical (unpaired) electrons. The van der Waals surface area contributed by atoms with Crippen molar-refractivity contribution in [1.29, 1.82) is 0 Å². The van der Waals surface area contributed by atoms with Gasteiger partial charge in [0.15, 0.2) is 0 Å². The van der Waals surface area contributed by atoms with Gasteiger partial charge in [-0.3, -0.25) is 0 Å². The minimum absolute atomic E-state index is 0.0925. The number of piperidine rings is 1. The summed E-state index contributed by atoms with van der Waals surface area (Å²) in [7, 11) is 0. The molecule has 0 aromatic carbocycles. The van der Waals surface area contributed by atoms with Crippen LogP contribution in [0.15, 0.2) is 12.3 Å². The summed E-state index contributed by atoms with van der Waals surface area (Å²) in [4.78, 5) is 6.23. The van der Waals surface area contributed by atoms with Crippen LogP contribution in [0.25, 0.3) is 0 Å². The number of nitrogens with zero attached hydrogens (tertiary/aromatic N) is 2. The largest absolute Gasteiger partial charge is 0.392 e. The first-order valence-corrected chi connectivity index (χ1v) is 5.77. The van der Waals surface area contributed by atoms with E-state index >= 15 is 0 Å². The molecule has 0 aliphatic carbocycles. The molecule has 1 aliphatic rings. The van der Waals surface area contributed by atoms with Gasteiger partial charge in [0.1, 0.15) is 5.82 Å². The average molecular weight is 243 g/mol. The van der Waals surface area contributed by atoms with Crippen LogP contribution in [0.4, 0.5) is 5.82 Å². The van der Waals surface area contributed by atoms with Crippen LogP contribution in [-0.2, 0) is 6.61 Å². The highest BCUT2D eigenvalue weighted by Crippen LogP contribution is 2.23. The van der Waals surface area contributed by atoms with Crippen LogP contribution in [0.1, 0.15) is 18.4 Å². The Morgan fingerprint density at radius 1 is 1.56 bits per heavy atom. The van der Waals surface area contributed by atoms with Crippen LogP contribution in [0.3, 0.4) is 0 Å². The maximum Gasteiger partial charge on any atom is 0.129 e. The number of aliphatic hydroxyl groups excluding tert-OH is 2. The van der Waals surface area contributed by atoms with E-state index in [2.05, 4.69) is 4.98 Å². The molecule has 88 valence electrons. The van der Waals surface area contributed by atoms with Gasteiger partial charge in [0.05, 0.1) is 17.7 Å². The molecule has 0 saturated carbocycles. The van der Waals surface area contributed by atoms with Crippen LogP contribution < -0.4 is 4.90 Å². The van der Waals surface area contributed by atoms with Gasteiger partial charge in [-0.05, 0) is 18.9 Å². The van der Waals surface area contributed by atoms with Crippen molar-refractivity contribution in [1.82, 2.24) is 4.98 Å². The van der Waals surface area contributed by atoms with Crippen molar-refractivity contribution in [2.45, 2.75) is 25.6 Å². The monoisotopic (exact) mass is 242 g/mol. The molecule has 1 unspecified atom stereocenters. The predicted octanol–water partition coefficient (Wildman–Crippen LogP) is 1.19. The van der Waals surface area contributed by atoms with E-state index in [9.17, 15) is 5.11 Å². The maximum absolute atomic E-state index is 9.58. The van der Waals surface area contributed by atoms with Gasteiger partial charge in [-0.2, -0.15) is 0 Å². The summed E-state index contributed by atoms with van der Waals surface area (Å²) in [6, 6.07) is 1.78. The van der Waals surface area contributed by atoms with Crippen LogP contribution in [0.2, 0.25) is 5.02 Å². The van der Waals surface area contributed by atoms with E-state index in [1.807, 2.05) is 4.90 Å².